The van der Waals surface area contributed by atoms with Gasteiger partial charge >= 0.3 is 0 Å². The number of tetrazole rings is 1. The van der Waals surface area contributed by atoms with Crippen LogP contribution in [0.2, 0.25) is 0 Å². The summed E-state index contributed by atoms with van der Waals surface area (Å²) in [4.78, 5) is 3.88. The van der Waals surface area contributed by atoms with E-state index in [-0.39, 0.29) is 5.54 Å². The van der Waals surface area contributed by atoms with Crippen LogP contribution in [0.25, 0.3) is 0 Å². The summed E-state index contributed by atoms with van der Waals surface area (Å²) >= 11 is 7.34. The zero-order chi connectivity index (χ0) is 14.3. The van der Waals surface area contributed by atoms with Gasteiger partial charge in [0.2, 0.25) is 4.77 Å². The first-order chi connectivity index (χ1) is 9.45. The Bertz CT molecular complexity index is 661. The fourth-order valence-electron chi connectivity index (χ4n) is 2.40. The Morgan fingerprint density at radius 1 is 1.35 bits per heavy atom. The molecular weight excluding hydrogens is 290 g/mol. The third-order valence-electron chi connectivity index (χ3n) is 3.50. The van der Waals surface area contributed by atoms with E-state index in [2.05, 4.69) is 47.5 Å². The molecule has 0 spiro atoms. The molecule has 7 heteroatoms. The summed E-state index contributed by atoms with van der Waals surface area (Å²) < 4.78 is 4.31. The third-order valence-corrected chi connectivity index (χ3v) is 4.90. The van der Waals surface area contributed by atoms with E-state index >= 15 is 0 Å². The topological polar surface area (TPSA) is 38.9 Å². The van der Waals surface area contributed by atoms with Crippen molar-refractivity contribution in [3.63, 3.8) is 0 Å². The molecule has 1 aliphatic rings. The van der Waals surface area contributed by atoms with Crippen LogP contribution in [0.15, 0.2) is 11.4 Å². The van der Waals surface area contributed by atoms with Crippen molar-refractivity contribution in [2.24, 2.45) is 0 Å². The molecule has 2 aromatic rings. The SMILES string of the molecule is CC(C)(C)n1nnn(CN2CCc3sccc3C2)c1=S. The van der Waals surface area contributed by atoms with Crippen molar-refractivity contribution in [2.45, 2.75) is 45.9 Å². The van der Waals surface area contributed by atoms with Crippen molar-refractivity contribution in [1.29, 1.82) is 0 Å². The van der Waals surface area contributed by atoms with Gasteiger partial charge in [-0.05, 0) is 66.8 Å². The molecule has 20 heavy (non-hydrogen) atoms. The normalized spacial score (nSPS) is 16.4. The van der Waals surface area contributed by atoms with Crippen molar-refractivity contribution in [3.05, 3.63) is 26.7 Å². The van der Waals surface area contributed by atoms with Crippen LogP contribution in [0.5, 0.6) is 0 Å². The quantitative estimate of drug-likeness (QED) is 0.800. The van der Waals surface area contributed by atoms with E-state index in [0.29, 0.717) is 11.4 Å². The molecule has 2 aromatic heterocycles. The van der Waals surface area contributed by atoms with Crippen LogP contribution in [0, 0.1) is 4.77 Å². The third kappa shape index (κ3) is 2.57. The van der Waals surface area contributed by atoms with Crippen LogP contribution in [-0.2, 0) is 25.2 Å². The first-order valence-corrected chi connectivity index (χ1v) is 8.05. The molecule has 0 bridgehead atoms. The molecule has 0 fully saturated rings. The van der Waals surface area contributed by atoms with Crippen LogP contribution in [-0.4, -0.2) is 31.2 Å². The average Bonchev–Trinajstić information content (AvgIpc) is 2.96. The van der Waals surface area contributed by atoms with Gasteiger partial charge < -0.3 is 0 Å². The monoisotopic (exact) mass is 309 g/mol. The van der Waals surface area contributed by atoms with Gasteiger partial charge in [-0.25, -0.2) is 9.36 Å². The molecule has 0 saturated heterocycles. The number of thiophene rings is 1. The Morgan fingerprint density at radius 2 is 2.15 bits per heavy atom. The van der Waals surface area contributed by atoms with Crippen LogP contribution < -0.4 is 0 Å². The molecule has 0 radical (unpaired) electrons. The first-order valence-electron chi connectivity index (χ1n) is 6.76. The second kappa shape index (κ2) is 5.05. The molecule has 0 saturated carbocycles. The molecule has 5 nitrogen and oxygen atoms in total. The molecule has 108 valence electrons. The van der Waals surface area contributed by atoms with Gasteiger partial charge in [-0.2, -0.15) is 0 Å². The molecule has 0 aromatic carbocycles. The fraction of sp³-hybridized carbons (Fsp3) is 0.615. The van der Waals surface area contributed by atoms with Gasteiger partial charge in [0.15, 0.2) is 0 Å². The number of rotatable bonds is 2. The number of nitrogens with zero attached hydrogens (tertiary/aromatic N) is 5. The summed E-state index contributed by atoms with van der Waals surface area (Å²) in [6, 6.07) is 2.22. The Hall–Kier alpha value is -1.05. The fourth-order valence-corrected chi connectivity index (χ4v) is 3.70. The number of aromatic nitrogens is 4. The maximum Gasteiger partial charge on any atom is 0.217 e. The van der Waals surface area contributed by atoms with Gasteiger partial charge in [0.1, 0.15) is 0 Å². The van der Waals surface area contributed by atoms with Gasteiger partial charge in [0.25, 0.3) is 0 Å². The summed E-state index contributed by atoms with van der Waals surface area (Å²) in [6.07, 6.45) is 1.12. The highest BCUT2D eigenvalue weighted by Crippen LogP contribution is 2.24. The van der Waals surface area contributed by atoms with Crippen LogP contribution >= 0.6 is 23.6 Å². The van der Waals surface area contributed by atoms with Crippen LogP contribution in [0.4, 0.5) is 0 Å². The summed E-state index contributed by atoms with van der Waals surface area (Å²) in [5.41, 5.74) is 1.31. The van der Waals surface area contributed by atoms with Crippen molar-refractivity contribution in [1.82, 2.24) is 24.7 Å². The maximum atomic E-state index is 5.48. The maximum absolute atomic E-state index is 5.48. The molecule has 0 aliphatic carbocycles. The summed E-state index contributed by atoms with van der Waals surface area (Å²) in [5.74, 6) is 0. The Morgan fingerprint density at radius 3 is 2.85 bits per heavy atom. The first kappa shape index (κ1) is 13.9. The lowest BCUT2D eigenvalue weighted by atomic mass is 10.1. The number of hydrogen-bond acceptors (Lipinski definition) is 5. The predicted octanol–water partition coefficient (Wildman–Crippen LogP) is 2.64. The van der Waals surface area contributed by atoms with Gasteiger partial charge in [-0.1, -0.05) is 0 Å². The van der Waals surface area contributed by atoms with E-state index in [1.165, 1.54) is 10.4 Å². The van der Waals surface area contributed by atoms with Gasteiger partial charge in [0.05, 0.1) is 12.2 Å². The second-order valence-corrected chi connectivity index (χ2v) is 7.52. The van der Waals surface area contributed by atoms with E-state index in [4.69, 9.17) is 12.2 Å². The molecule has 3 rings (SSSR count). The second-order valence-electron chi connectivity index (χ2n) is 6.16. The van der Waals surface area contributed by atoms with E-state index in [9.17, 15) is 0 Å². The molecule has 3 heterocycles. The minimum atomic E-state index is -0.127. The molecule has 1 aliphatic heterocycles. The minimum Gasteiger partial charge on any atom is -0.280 e. The van der Waals surface area contributed by atoms with Crippen LogP contribution in [0.1, 0.15) is 31.2 Å². The van der Waals surface area contributed by atoms with E-state index in [1.807, 2.05) is 20.7 Å². The zero-order valence-corrected chi connectivity index (χ0v) is 13.7. The molecule has 0 atom stereocenters. The number of fused-ring (bicyclic) bond motifs is 1. The van der Waals surface area contributed by atoms with Gasteiger partial charge in [-0.3, -0.25) is 4.90 Å². The highest BCUT2D eigenvalue weighted by molar-refractivity contribution is 7.71. The van der Waals surface area contributed by atoms with Crippen molar-refractivity contribution in [2.75, 3.05) is 6.54 Å². The lowest BCUT2D eigenvalue weighted by molar-refractivity contribution is 0.187. The van der Waals surface area contributed by atoms with E-state index in [1.54, 1.807) is 0 Å². The lowest BCUT2D eigenvalue weighted by Crippen LogP contribution is -2.32. The van der Waals surface area contributed by atoms with Crippen molar-refractivity contribution < 1.29 is 0 Å². The average molecular weight is 309 g/mol. The largest absolute Gasteiger partial charge is 0.280 e. The zero-order valence-electron chi connectivity index (χ0n) is 12.0. The molecule has 0 amide bonds. The molecular formula is C13H19N5S2. The smallest absolute Gasteiger partial charge is 0.217 e. The van der Waals surface area contributed by atoms with Crippen molar-refractivity contribution in [3.8, 4) is 0 Å². The van der Waals surface area contributed by atoms with Gasteiger partial charge in [0, 0.05) is 18.0 Å². The minimum absolute atomic E-state index is 0.127. The van der Waals surface area contributed by atoms with Crippen LogP contribution in [0.3, 0.4) is 0 Å². The highest BCUT2D eigenvalue weighted by atomic mass is 32.1. The lowest BCUT2D eigenvalue weighted by Gasteiger charge is -2.26. The Balaban J connectivity index is 1.77. The van der Waals surface area contributed by atoms with E-state index < -0.39 is 0 Å². The van der Waals surface area contributed by atoms with Crippen molar-refractivity contribution >= 4 is 23.6 Å². The molecule has 0 N–H and O–H groups in total. The molecule has 0 unspecified atom stereocenters. The Labute approximate surface area is 127 Å². The highest BCUT2D eigenvalue weighted by Gasteiger charge is 2.21. The number of hydrogen-bond donors (Lipinski definition) is 0. The Kier molecular flexibility index (Phi) is 3.51. The van der Waals surface area contributed by atoms with E-state index in [0.717, 1.165) is 19.5 Å². The summed E-state index contributed by atoms with van der Waals surface area (Å²) in [6.45, 7) is 8.99. The summed E-state index contributed by atoms with van der Waals surface area (Å²) in [5, 5.41) is 10.6. The van der Waals surface area contributed by atoms with Gasteiger partial charge in [-0.15, -0.1) is 11.3 Å². The summed E-state index contributed by atoms with van der Waals surface area (Å²) in [7, 11) is 0. The predicted molar refractivity (Wildman–Crippen MR) is 82.3 cm³/mol. The standard InChI is InChI=1S/C13H19N5S2/c1-13(2,3)18-12(19)17(14-15-18)9-16-6-4-11-10(8-16)5-7-20-11/h5,7H,4,6,8-9H2,1-3H3.